The first-order valence-electron chi connectivity index (χ1n) is 12.2. The molecule has 3 aromatic rings. The summed E-state index contributed by atoms with van der Waals surface area (Å²) in [5.41, 5.74) is 1.93. The number of aliphatic hydroxyl groups excluding tert-OH is 2. The van der Waals surface area contributed by atoms with Crippen LogP contribution in [-0.4, -0.2) is 94.8 Å². The van der Waals surface area contributed by atoms with E-state index in [0.29, 0.717) is 10.8 Å². The van der Waals surface area contributed by atoms with Gasteiger partial charge in [0.2, 0.25) is 0 Å². The number of anilines is 2. The third-order valence-electron chi connectivity index (χ3n) is 7.09. The van der Waals surface area contributed by atoms with Gasteiger partial charge in [-0.2, -0.15) is 0 Å². The summed E-state index contributed by atoms with van der Waals surface area (Å²) in [6.45, 7) is 6.45. The van der Waals surface area contributed by atoms with Gasteiger partial charge in [-0.25, -0.2) is 0 Å². The number of aliphatic hydroxyl groups is 2. The first-order chi connectivity index (χ1) is 16.5. The van der Waals surface area contributed by atoms with Gasteiger partial charge in [0.15, 0.2) is 0 Å². The molecule has 2 fully saturated rings. The number of aromatic hydroxyl groups is 2. The first kappa shape index (κ1) is 23.0. The molecule has 182 valence electrons. The quantitative estimate of drug-likeness (QED) is 0.222. The average Bonchev–Trinajstić information content (AvgIpc) is 3.44. The van der Waals surface area contributed by atoms with E-state index in [0.717, 1.165) is 87.3 Å². The number of likely N-dealkylation sites (tertiary alicyclic amines) is 2. The smallest absolute Gasteiger partial charge is 0.123 e. The highest BCUT2D eigenvalue weighted by Gasteiger charge is 2.20. The largest absolute Gasteiger partial charge is 0.507 e. The van der Waals surface area contributed by atoms with Gasteiger partial charge in [0.1, 0.15) is 11.5 Å². The molecular formula is C26H34N4O4. The summed E-state index contributed by atoms with van der Waals surface area (Å²) in [4.78, 5) is 4.51. The number of rotatable bonds is 8. The molecule has 34 heavy (non-hydrogen) atoms. The van der Waals surface area contributed by atoms with Crippen LogP contribution in [0.25, 0.3) is 21.5 Å². The summed E-state index contributed by atoms with van der Waals surface area (Å²) in [6, 6.07) is 11.0. The Bertz CT molecular complexity index is 1080. The minimum atomic E-state index is -0.225. The van der Waals surface area contributed by atoms with E-state index in [-0.39, 0.29) is 23.7 Å². The molecule has 0 spiro atoms. The van der Waals surface area contributed by atoms with Crippen molar-refractivity contribution in [1.29, 1.82) is 0 Å². The number of fused-ring (bicyclic) bond motifs is 2. The molecule has 2 aliphatic heterocycles. The van der Waals surface area contributed by atoms with Crippen molar-refractivity contribution in [3.63, 3.8) is 0 Å². The van der Waals surface area contributed by atoms with Gasteiger partial charge in [-0.3, -0.25) is 9.80 Å². The van der Waals surface area contributed by atoms with E-state index in [2.05, 4.69) is 32.6 Å². The Morgan fingerprint density at radius 3 is 1.50 bits per heavy atom. The highest BCUT2D eigenvalue weighted by Crippen LogP contribution is 2.39. The third-order valence-corrected chi connectivity index (χ3v) is 7.09. The lowest BCUT2D eigenvalue weighted by Gasteiger charge is -2.20. The van der Waals surface area contributed by atoms with E-state index in [4.69, 9.17) is 0 Å². The molecule has 2 atom stereocenters. The molecule has 0 bridgehead atoms. The molecule has 2 heterocycles. The monoisotopic (exact) mass is 466 g/mol. The maximum absolute atomic E-state index is 10.4. The summed E-state index contributed by atoms with van der Waals surface area (Å²) in [7, 11) is 0. The Balaban J connectivity index is 1.40. The molecule has 3 aromatic carbocycles. The van der Waals surface area contributed by atoms with Gasteiger partial charge in [0.05, 0.1) is 12.2 Å². The van der Waals surface area contributed by atoms with Crippen LogP contribution in [0.2, 0.25) is 0 Å². The lowest BCUT2D eigenvalue weighted by atomic mass is 9.99. The van der Waals surface area contributed by atoms with Crippen LogP contribution in [0, 0.1) is 0 Å². The van der Waals surface area contributed by atoms with Crippen LogP contribution in [0.5, 0.6) is 11.5 Å². The SMILES string of the molecule is Oc1ccc(O)c2cc3c(NCCN4CCC(O)C4)ccc(NCCN4CCC(O)C4)c3cc12. The maximum atomic E-state index is 10.4. The lowest BCUT2D eigenvalue weighted by molar-refractivity contribution is 0.177. The van der Waals surface area contributed by atoms with Crippen molar-refractivity contribution in [1.82, 2.24) is 9.80 Å². The second-order valence-electron chi connectivity index (χ2n) is 9.55. The van der Waals surface area contributed by atoms with Gasteiger partial charge in [-0.05, 0) is 49.2 Å². The molecule has 0 amide bonds. The van der Waals surface area contributed by atoms with Crippen molar-refractivity contribution in [3.8, 4) is 11.5 Å². The van der Waals surface area contributed by atoms with E-state index in [9.17, 15) is 20.4 Å². The summed E-state index contributed by atoms with van der Waals surface area (Å²) >= 11 is 0. The zero-order valence-corrected chi connectivity index (χ0v) is 19.4. The maximum Gasteiger partial charge on any atom is 0.123 e. The number of benzene rings is 3. The zero-order valence-electron chi connectivity index (χ0n) is 19.4. The van der Waals surface area contributed by atoms with E-state index in [1.807, 2.05) is 12.1 Å². The minimum absolute atomic E-state index is 0.137. The first-order valence-corrected chi connectivity index (χ1v) is 12.2. The van der Waals surface area contributed by atoms with E-state index < -0.39 is 0 Å². The second-order valence-corrected chi connectivity index (χ2v) is 9.55. The zero-order chi connectivity index (χ0) is 23.7. The molecule has 6 N–H and O–H groups in total. The van der Waals surface area contributed by atoms with Gasteiger partial charge in [-0.1, -0.05) is 0 Å². The van der Waals surface area contributed by atoms with E-state index >= 15 is 0 Å². The fourth-order valence-corrected chi connectivity index (χ4v) is 5.19. The summed E-state index contributed by atoms with van der Waals surface area (Å²) < 4.78 is 0. The third kappa shape index (κ3) is 4.86. The molecule has 0 saturated carbocycles. The standard InChI is InChI=1S/C26H34N4O4/c31-17-5-9-29(15-17)11-7-27-23-1-2-24(28-8-12-30-10-6-18(32)16-30)20-14-22-21(13-19(20)23)25(33)3-4-26(22)34/h1-4,13-14,17-18,27-28,31-34H,5-12,15-16H2. The predicted octanol–water partition coefficient (Wildman–Crippen LogP) is 2.36. The fraction of sp³-hybridized carbons (Fsp3) is 0.462. The number of hydrogen-bond donors (Lipinski definition) is 6. The Labute approximate surface area is 199 Å². The summed E-state index contributed by atoms with van der Waals surface area (Å²) in [6.07, 6.45) is 1.21. The average molecular weight is 467 g/mol. The van der Waals surface area contributed by atoms with Gasteiger partial charge < -0.3 is 31.1 Å². The number of phenols is 2. The number of phenolic OH excluding ortho intramolecular Hbond substituents is 2. The second kappa shape index (κ2) is 9.84. The van der Waals surface area contributed by atoms with Crippen LogP contribution in [0.1, 0.15) is 12.8 Å². The number of hydrogen-bond acceptors (Lipinski definition) is 8. The number of nitrogens with zero attached hydrogens (tertiary/aromatic N) is 2. The van der Waals surface area contributed by atoms with Crippen molar-refractivity contribution in [2.45, 2.75) is 25.0 Å². The highest BCUT2D eigenvalue weighted by molar-refractivity contribution is 6.11. The molecule has 0 aliphatic carbocycles. The predicted molar refractivity (Wildman–Crippen MR) is 136 cm³/mol. The van der Waals surface area contributed by atoms with Gasteiger partial charge in [-0.15, -0.1) is 0 Å². The minimum Gasteiger partial charge on any atom is -0.507 e. The van der Waals surface area contributed by atoms with Gasteiger partial charge in [0.25, 0.3) is 0 Å². The summed E-state index contributed by atoms with van der Waals surface area (Å²) in [5.74, 6) is 0.273. The molecule has 2 unspecified atom stereocenters. The molecular weight excluding hydrogens is 432 g/mol. The van der Waals surface area contributed by atoms with Crippen molar-refractivity contribution in [2.75, 3.05) is 63.0 Å². The Morgan fingerprint density at radius 2 is 1.12 bits per heavy atom. The molecule has 0 radical (unpaired) electrons. The van der Waals surface area contributed by atoms with Crippen molar-refractivity contribution in [2.24, 2.45) is 0 Å². The van der Waals surface area contributed by atoms with Crippen LogP contribution < -0.4 is 10.6 Å². The van der Waals surface area contributed by atoms with Crippen molar-refractivity contribution < 1.29 is 20.4 Å². The lowest BCUT2D eigenvalue weighted by Crippen LogP contribution is -2.28. The Morgan fingerprint density at radius 1 is 0.676 bits per heavy atom. The highest BCUT2D eigenvalue weighted by atomic mass is 16.3. The molecule has 8 nitrogen and oxygen atoms in total. The van der Waals surface area contributed by atoms with Crippen LogP contribution in [0.3, 0.4) is 0 Å². The van der Waals surface area contributed by atoms with Crippen LogP contribution in [0.4, 0.5) is 11.4 Å². The van der Waals surface area contributed by atoms with Crippen molar-refractivity contribution >= 4 is 32.9 Å². The number of β-amino-alcohol motifs (C(OH)–C–C–N with tert-alkyl or cyclic N) is 2. The topological polar surface area (TPSA) is 111 Å². The molecule has 5 rings (SSSR count). The van der Waals surface area contributed by atoms with Gasteiger partial charge in [0, 0.05) is 85.3 Å². The van der Waals surface area contributed by atoms with Crippen LogP contribution in [-0.2, 0) is 0 Å². The van der Waals surface area contributed by atoms with Crippen LogP contribution in [0.15, 0.2) is 36.4 Å². The Kier molecular flexibility index (Phi) is 6.65. The molecule has 2 aliphatic rings. The van der Waals surface area contributed by atoms with E-state index in [1.54, 1.807) is 0 Å². The molecule has 8 heteroatoms. The van der Waals surface area contributed by atoms with Crippen LogP contribution >= 0.6 is 0 Å². The van der Waals surface area contributed by atoms with Gasteiger partial charge >= 0.3 is 0 Å². The van der Waals surface area contributed by atoms with E-state index in [1.165, 1.54) is 12.1 Å². The molecule has 0 aromatic heterocycles. The molecule has 2 saturated heterocycles. The normalized spacial score (nSPS) is 21.6. The number of nitrogens with one attached hydrogen (secondary N) is 2. The fourth-order valence-electron chi connectivity index (χ4n) is 5.19. The van der Waals surface area contributed by atoms with Crippen molar-refractivity contribution in [3.05, 3.63) is 36.4 Å². The summed E-state index contributed by atoms with van der Waals surface area (Å²) in [5, 5.41) is 50.6. The Hall–Kier alpha value is -2.78.